The first kappa shape index (κ1) is 14.9. The van der Waals surface area contributed by atoms with Crippen molar-refractivity contribution in [1.29, 1.82) is 0 Å². The molecule has 2 aromatic heterocycles. The lowest BCUT2D eigenvalue weighted by Crippen LogP contribution is -2.34. The molecule has 0 unspecified atom stereocenters. The summed E-state index contributed by atoms with van der Waals surface area (Å²) in [5, 5.41) is 3.42. The van der Waals surface area contributed by atoms with Crippen LogP contribution in [0.1, 0.15) is 37.9 Å². The van der Waals surface area contributed by atoms with Crippen molar-refractivity contribution in [2.45, 2.75) is 45.9 Å². The SMILES string of the molecule is CN(Cc1ccoc1)Cc1ccc(CNC(C)(C)C)o1. The third kappa shape index (κ3) is 4.87. The fraction of sp³-hybridized carbons (Fsp3) is 0.500. The van der Waals surface area contributed by atoms with Crippen LogP contribution < -0.4 is 5.32 Å². The fourth-order valence-electron chi connectivity index (χ4n) is 1.97. The largest absolute Gasteiger partial charge is 0.472 e. The molecule has 20 heavy (non-hydrogen) atoms. The summed E-state index contributed by atoms with van der Waals surface area (Å²) in [7, 11) is 2.07. The monoisotopic (exact) mass is 276 g/mol. The highest BCUT2D eigenvalue weighted by Crippen LogP contribution is 2.13. The van der Waals surface area contributed by atoms with Gasteiger partial charge in [-0.1, -0.05) is 0 Å². The average Bonchev–Trinajstić information content (AvgIpc) is 2.97. The van der Waals surface area contributed by atoms with Gasteiger partial charge >= 0.3 is 0 Å². The van der Waals surface area contributed by atoms with Crippen LogP contribution >= 0.6 is 0 Å². The van der Waals surface area contributed by atoms with Gasteiger partial charge in [-0.15, -0.1) is 0 Å². The molecule has 0 aliphatic rings. The Morgan fingerprint density at radius 2 is 1.85 bits per heavy atom. The smallest absolute Gasteiger partial charge is 0.118 e. The number of hydrogen-bond donors (Lipinski definition) is 1. The summed E-state index contributed by atoms with van der Waals surface area (Å²) in [5.74, 6) is 1.97. The Labute approximate surface area is 120 Å². The first-order valence-corrected chi connectivity index (χ1v) is 6.94. The highest BCUT2D eigenvalue weighted by molar-refractivity contribution is 5.09. The molecule has 110 valence electrons. The van der Waals surface area contributed by atoms with E-state index in [1.807, 2.05) is 18.2 Å². The van der Waals surface area contributed by atoms with Crippen molar-refractivity contribution in [2.24, 2.45) is 0 Å². The van der Waals surface area contributed by atoms with Crippen molar-refractivity contribution in [3.05, 3.63) is 47.8 Å². The van der Waals surface area contributed by atoms with Gasteiger partial charge in [0.15, 0.2) is 0 Å². The molecular formula is C16H24N2O2. The second kappa shape index (κ2) is 6.29. The third-order valence-corrected chi connectivity index (χ3v) is 2.97. The average molecular weight is 276 g/mol. The van der Waals surface area contributed by atoms with Gasteiger partial charge in [-0.05, 0) is 46.0 Å². The van der Waals surface area contributed by atoms with Crippen molar-refractivity contribution < 1.29 is 8.83 Å². The lowest BCUT2D eigenvalue weighted by Gasteiger charge is -2.19. The van der Waals surface area contributed by atoms with Gasteiger partial charge in [-0.3, -0.25) is 4.90 Å². The van der Waals surface area contributed by atoms with Crippen molar-refractivity contribution in [2.75, 3.05) is 7.05 Å². The molecule has 0 aliphatic heterocycles. The van der Waals surface area contributed by atoms with Crippen LogP contribution in [0.25, 0.3) is 0 Å². The number of furan rings is 2. The molecule has 0 saturated heterocycles. The van der Waals surface area contributed by atoms with E-state index in [2.05, 4.69) is 38.0 Å². The summed E-state index contributed by atoms with van der Waals surface area (Å²) >= 11 is 0. The maximum atomic E-state index is 5.84. The minimum absolute atomic E-state index is 0.102. The van der Waals surface area contributed by atoms with Crippen molar-refractivity contribution in [3.63, 3.8) is 0 Å². The van der Waals surface area contributed by atoms with E-state index in [0.29, 0.717) is 0 Å². The fourth-order valence-corrected chi connectivity index (χ4v) is 1.97. The van der Waals surface area contributed by atoms with Gasteiger partial charge in [0.25, 0.3) is 0 Å². The van der Waals surface area contributed by atoms with Gasteiger partial charge in [0.1, 0.15) is 11.5 Å². The van der Waals surface area contributed by atoms with Crippen molar-refractivity contribution >= 4 is 0 Å². The molecule has 0 saturated carbocycles. The molecule has 0 radical (unpaired) electrons. The van der Waals surface area contributed by atoms with E-state index in [1.54, 1.807) is 12.5 Å². The van der Waals surface area contributed by atoms with Crippen LogP contribution in [0.5, 0.6) is 0 Å². The zero-order valence-electron chi connectivity index (χ0n) is 12.8. The lowest BCUT2D eigenvalue weighted by molar-refractivity contribution is 0.279. The van der Waals surface area contributed by atoms with E-state index >= 15 is 0 Å². The van der Waals surface area contributed by atoms with Crippen molar-refractivity contribution in [3.8, 4) is 0 Å². The Hall–Kier alpha value is -1.52. The Morgan fingerprint density at radius 3 is 2.50 bits per heavy atom. The van der Waals surface area contributed by atoms with Gasteiger partial charge in [0.05, 0.1) is 25.6 Å². The zero-order valence-corrected chi connectivity index (χ0v) is 12.8. The molecule has 4 heteroatoms. The van der Waals surface area contributed by atoms with E-state index < -0.39 is 0 Å². The summed E-state index contributed by atoms with van der Waals surface area (Å²) in [6, 6.07) is 6.07. The number of nitrogens with one attached hydrogen (secondary N) is 1. The number of rotatable bonds is 6. The second-order valence-corrected chi connectivity index (χ2v) is 6.28. The normalized spacial score (nSPS) is 12.2. The van der Waals surface area contributed by atoms with Gasteiger partial charge in [0.2, 0.25) is 0 Å². The predicted octanol–water partition coefficient (Wildman–Crippen LogP) is 3.39. The molecular weight excluding hydrogens is 252 g/mol. The number of nitrogens with zero attached hydrogens (tertiary/aromatic N) is 1. The molecule has 0 amide bonds. The highest BCUT2D eigenvalue weighted by Gasteiger charge is 2.11. The first-order valence-electron chi connectivity index (χ1n) is 6.94. The summed E-state index contributed by atoms with van der Waals surface area (Å²) < 4.78 is 10.9. The minimum atomic E-state index is 0.102. The van der Waals surface area contributed by atoms with Crippen LogP contribution in [0.4, 0.5) is 0 Å². The standard InChI is InChI=1S/C16H24N2O2/c1-16(2,3)17-9-14-5-6-15(20-14)11-18(4)10-13-7-8-19-12-13/h5-8,12,17H,9-11H2,1-4H3. The Morgan fingerprint density at radius 1 is 1.10 bits per heavy atom. The van der Waals surface area contributed by atoms with Crippen LogP contribution in [0.3, 0.4) is 0 Å². The Balaban J connectivity index is 1.83. The molecule has 4 nitrogen and oxygen atoms in total. The third-order valence-electron chi connectivity index (χ3n) is 2.97. The Kier molecular flexibility index (Phi) is 4.68. The predicted molar refractivity (Wildman–Crippen MR) is 79.2 cm³/mol. The van der Waals surface area contributed by atoms with Crippen LogP contribution in [-0.2, 0) is 19.6 Å². The molecule has 0 aliphatic carbocycles. The summed E-state index contributed by atoms with van der Waals surface area (Å²) in [6.45, 7) is 8.85. The topological polar surface area (TPSA) is 41.6 Å². The zero-order chi connectivity index (χ0) is 14.6. The molecule has 2 rings (SSSR count). The quantitative estimate of drug-likeness (QED) is 0.878. The molecule has 0 atom stereocenters. The minimum Gasteiger partial charge on any atom is -0.472 e. The molecule has 0 aromatic carbocycles. The molecule has 0 bridgehead atoms. The first-order chi connectivity index (χ1) is 9.42. The highest BCUT2D eigenvalue weighted by atomic mass is 16.3. The van der Waals surface area contributed by atoms with Crippen LogP contribution in [0.15, 0.2) is 39.6 Å². The van der Waals surface area contributed by atoms with E-state index in [-0.39, 0.29) is 5.54 Å². The summed E-state index contributed by atoms with van der Waals surface area (Å²) in [5.41, 5.74) is 1.28. The molecule has 2 aromatic rings. The molecule has 0 spiro atoms. The van der Waals surface area contributed by atoms with E-state index in [4.69, 9.17) is 8.83 Å². The maximum Gasteiger partial charge on any atom is 0.118 e. The lowest BCUT2D eigenvalue weighted by atomic mass is 10.1. The van der Waals surface area contributed by atoms with E-state index in [0.717, 1.165) is 31.2 Å². The molecule has 2 heterocycles. The summed E-state index contributed by atoms with van der Waals surface area (Å²) in [6.07, 6.45) is 3.48. The Bertz CT molecular complexity index is 509. The van der Waals surface area contributed by atoms with E-state index in [1.165, 1.54) is 5.56 Å². The summed E-state index contributed by atoms with van der Waals surface area (Å²) in [4.78, 5) is 2.20. The van der Waals surface area contributed by atoms with Crippen LogP contribution in [0, 0.1) is 0 Å². The van der Waals surface area contributed by atoms with Crippen LogP contribution in [0.2, 0.25) is 0 Å². The van der Waals surface area contributed by atoms with Crippen LogP contribution in [-0.4, -0.2) is 17.5 Å². The second-order valence-electron chi connectivity index (χ2n) is 6.28. The van der Waals surface area contributed by atoms with Crippen molar-refractivity contribution in [1.82, 2.24) is 10.2 Å². The van der Waals surface area contributed by atoms with Gasteiger partial charge in [-0.2, -0.15) is 0 Å². The molecule has 1 N–H and O–H groups in total. The molecule has 0 fully saturated rings. The van der Waals surface area contributed by atoms with Gasteiger partial charge in [0, 0.05) is 17.6 Å². The van der Waals surface area contributed by atoms with Gasteiger partial charge in [-0.25, -0.2) is 0 Å². The van der Waals surface area contributed by atoms with E-state index in [9.17, 15) is 0 Å². The maximum absolute atomic E-state index is 5.84. The number of hydrogen-bond acceptors (Lipinski definition) is 4. The van der Waals surface area contributed by atoms with Gasteiger partial charge < -0.3 is 14.2 Å².